The van der Waals surface area contributed by atoms with E-state index in [9.17, 15) is 0 Å². The summed E-state index contributed by atoms with van der Waals surface area (Å²) in [5.74, 6) is 0.949. The van der Waals surface area contributed by atoms with Crippen LogP contribution < -0.4 is 5.73 Å². The maximum Gasteiger partial charge on any atom is 0.00109 e. The summed E-state index contributed by atoms with van der Waals surface area (Å²) in [5, 5.41) is 0. The molecule has 1 fully saturated rings. The van der Waals surface area contributed by atoms with Crippen LogP contribution in [0.2, 0.25) is 0 Å². The fraction of sp³-hybridized carbons (Fsp3) is 1.00. The third kappa shape index (κ3) is 4.63. The molecule has 0 saturated carbocycles. The molecule has 1 aliphatic heterocycles. The standard InChI is InChI=1S/C11H24N2/c1-10-5-8-13(9-6-10)7-3-4-11(2)12/h10-11H,3-9,12H2,1-2H3. The van der Waals surface area contributed by atoms with Gasteiger partial charge in [0, 0.05) is 6.04 Å². The number of likely N-dealkylation sites (tertiary alicyclic amines) is 1. The van der Waals surface area contributed by atoms with Crippen molar-refractivity contribution in [2.24, 2.45) is 11.7 Å². The molecule has 0 radical (unpaired) electrons. The number of hydrogen-bond donors (Lipinski definition) is 1. The lowest BCUT2D eigenvalue weighted by atomic mass is 9.99. The van der Waals surface area contributed by atoms with Gasteiger partial charge in [0.15, 0.2) is 0 Å². The van der Waals surface area contributed by atoms with Crippen molar-refractivity contribution in [1.29, 1.82) is 0 Å². The minimum Gasteiger partial charge on any atom is -0.328 e. The van der Waals surface area contributed by atoms with Crippen LogP contribution in [0.5, 0.6) is 0 Å². The van der Waals surface area contributed by atoms with Gasteiger partial charge in [-0.05, 0) is 58.2 Å². The molecule has 0 amide bonds. The van der Waals surface area contributed by atoms with Crippen LogP contribution in [-0.2, 0) is 0 Å². The lowest BCUT2D eigenvalue weighted by Crippen LogP contribution is -2.34. The molecule has 0 aromatic carbocycles. The van der Waals surface area contributed by atoms with Crippen molar-refractivity contribution < 1.29 is 0 Å². The van der Waals surface area contributed by atoms with E-state index in [2.05, 4.69) is 18.7 Å². The summed E-state index contributed by atoms with van der Waals surface area (Å²) in [6.45, 7) is 8.33. The van der Waals surface area contributed by atoms with Crippen LogP contribution in [0.3, 0.4) is 0 Å². The van der Waals surface area contributed by atoms with Gasteiger partial charge in [-0.2, -0.15) is 0 Å². The number of nitrogens with two attached hydrogens (primary N) is 1. The molecule has 0 aromatic rings. The van der Waals surface area contributed by atoms with Crippen LogP contribution in [0.4, 0.5) is 0 Å². The Morgan fingerprint density at radius 1 is 1.38 bits per heavy atom. The predicted octanol–water partition coefficient (Wildman–Crippen LogP) is 1.85. The zero-order valence-corrected chi connectivity index (χ0v) is 9.13. The lowest BCUT2D eigenvalue weighted by molar-refractivity contribution is 0.188. The Morgan fingerprint density at radius 3 is 2.54 bits per heavy atom. The fourth-order valence-electron chi connectivity index (χ4n) is 1.92. The quantitative estimate of drug-likeness (QED) is 0.722. The minimum atomic E-state index is 0.378. The van der Waals surface area contributed by atoms with E-state index in [0.29, 0.717) is 6.04 Å². The van der Waals surface area contributed by atoms with Crippen LogP contribution in [0.15, 0.2) is 0 Å². The summed E-state index contributed by atoms with van der Waals surface area (Å²) < 4.78 is 0. The summed E-state index contributed by atoms with van der Waals surface area (Å²) in [6, 6.07) is 0.378. The lowest BCUT2D eigenvalue weighted by Gasteiger charge is -2.30. The van der Waals surface area contributed by atoms with E-state index in [-0.39, 0.29) is 0 Å². The van der Waals surface area contributed by atoms with E-state index in [0.717, 1.165) is 5.92 Å². The van der Waals surface area contributed by atoms with Crippen molar-refractivity contribution in [3.8, 4) is 0 Å². The maximum absolute atomic E-state index is 5.71. The zero-order chi connectivity index (χ0) is 9.68. The molecule has 1 rings (SSSR count). The maximum atomic E-state index is 5.71. The van der Waals surface area contributed by atoms with Gasteiger partial charge in [0.25, 0.3) is 0 Å². The van der Waals surface area contributed by atoms with Crippen LogP contribution in [0, 0.1) is 5.92 Å². The van der Waals surface area contributed by atoms with Gasteiger partial charge >= 0.3 is 0 Å². The summed E-state index contributed by atoms with van der Waals surface area (Å²) in [6.07, 6.45) is 5.22. The van der Waals surface area contributed by atoms with Crippen molar-refractivity contribution in [3.63, 3.8) is 0 Å². The van der Waals surface area contributed by atoms with E-state index >= 15 is 0 Å². The Labute approximate surface area is 82.5 Å². The van der Waals surface area contributed by atoms with Gasteiger partial charge in [0.2, 0.25) is 0 Å². The van der Waals surface area contributed by atoms with Gasteiger partial charge < -0.3 is 10.6 Å². The van der Waals surface area contributed by atoms with Gasteiger partial charge in [-0.1, -0.05) is 6.92 Å². The highest BCUT2D eigenvalue weighted by molar-refractivity contribution is 4.69. The van der Waals surface area contributed by atoms with E-state index in [1.54, 1.807) is 0 Å². The third-order valence-corrected chi connectivity index (χ3v) is 3.01. The Morgan fingerprint density at radius 2 is 2.00 bits per heavy atom. The van der Waals surface area contributed by atoms with E-state index < -0.39 is 0 Å². The molecule has 2 heteroatoms. The van der Waals surface area contributed by atoms with Gasteiger partial charge in [0.05, 0.1) is 0 Å². The molecule has 2 nitrogen and oxygen atoms in total. The molecule has 78 valence electrons. The second-order valence-corrected chi connectivity index (χ2v) is 4.64. The summed E-state index contributed by atoms with van der Waals surface area (Å²) in [5.41, 5.74) is 5.71. The largest absolute Gasteiger partial charge is 0.328 e. The first kappa shape index (κ1) is 11.0. The molecule has 0 aliphatic carbocycles. The first-order chi connectivity index (χ1) is 6.18. The summed E-state index contributed by atoms with van der Waals surface area (Å²) >= 11 is 0. The Hall–Kier alpha value is -0.0800. The first-order valence-electron chi connectivity index (χ1n) is 5.66. The van der Waals surface area contributed by atoms with Crippen LogP contribution in [0.1, 0.15) is 39.5 Å². The Kier molecular flexibility index (Phi) is 4.74. The number of piperidine rings is 1. The molecule has 1 saturated heterocycles. The molecular formula is C11H24N2. The van der Waals surface area contributed by atoms with Gasteiger partial charge in [-0.25, -0.2) is 0 Å². The SMILES string of the molecule is CC(N)CCCN1CCC(C)CC1. The highest BCUT2D eigenvalue weighted by Crippen LogP contribution is 2.16. The molecule has 1 atom stereocenters. The van der Waals surface area contributed by atoms with Gasteiger partial charge in [-0.3, -0.25) is 0 Å². The summed E-state index contributed by atoms with van der Waals surface area (Å²) in [4.78, 5) is 2.59. The van der Waals surface area contributed by atoms with Gasteiger partial charge in [0.1, 0.15) is 0 Å². The van der Waals surface area contributed by atoms with Crippen molar-refractivity contribution in [2.45, 2.75) is 45.6 Å². The van der Waals surface area contributed by atoms with Crippen LogP contribution >= 0.6 is 0 Å². The average molecular weight is 184 g/mol. The minimum absolute atomic E-state index is 0.378. The van der Waals surface area contributed by atoms with E-state index in [4.69, 9.17) is 5.73 Å². The molecule has 1 heterocycles. The monoisotopic (exact) mass is 184 g/mol. The van der Waals surface area contributed by atoms with Crippen molar-refractivity contribution in [1.82, 2.24) is 4.90 Å². The molecule has 0 bridgehead atoms. The molecule has 0 spiro atoms. The topological polar surface area (TPSA) is 29.3 Å². The second kappa shape index (κ2) is 5.61. The van der Waals surface area contributed by atoms with Crippen molar-refractivity contribution >= 4 is 0 Å². The van der Waals surface area contributed by atoms with Gasteiger partial charge in [-0.15, -0.1) is 0 Å². The Balaban J connectivity index is 2.02. The van der Waals surface area contributed by atoms with Crippen LogP contribution in [0.25, 0.3) is 0 Å². The number of hydrogen-bond acceptors (Lipinski definition) is 2. The normalized spacial score (nSPS) is 23.3. The van der Waals surface area contributed by atoms with E-state index in [1.807, 2.05) is 0 Å². The average Bonchev–Trinajstić information content (AvgIpc) is 2.08. The molecule has 1 aliphatic rings. The highest BCUT2D eigenvalue weighted by atomic mass is 15.1. The van der Waals surface area contributed by atoms with Crippen molar-refractivity contribution in [2.75, 3.05) is 19.6 Å². The highest BCUT2D eigenvalue weighted by Gasteiger charge is 2.14. The second-order valence-electron chi connectivity index (χ2n) is 4.64. The Bertz CT molecular complexity index is 126. The van der Waals surface area contributed by atoms with Crippen LogP contribution in [-0.4, -0.2) is 30.6 Å². The first-order valence-corrected chi connectivity index (χ1v) is 5.66. The molecule has 2 N–H and O–H groups in total. The number of rotatable bonds is 4. The van der Waals surface area contributed by atoms with E-state index in [1.165, 1.54) is 45.3 Å². The third-order valence-electron chi connectivity index (χ3n) is 3.01. The fourth-order valence-corrected chi connectivity index (χ4v) is 1.92. The summed E-state index contributed by atoms with van der Waals surface area (Å²) in [7, 11) is 0. The van der Waals surface area contributed by atoms with Crippen molar-refractivity contribution in [3.05, 3.63) is 0 Å². The smallest absolute Gasteiger partial charge is 0.00109 e. The molecule has 13 heavy (non-hydrogen) atoms. The molecule has 1 unspecified atom stereocenters. The number of nitrogens with zero attached hydrogens (tertiary/aromatic N) is 1. The molecular weight excluding hydrogens is 160 g/mol. The zero-order valence-electron chi connectivity index (χ0n) is 9.13. The molecule has 0 aromatic heterocycles. The predicted molar refractivity (Wildman–Crippen MR) is 57.7 cm³/mol.